The minimum absolute atomic E-state index is 1.04. The molecular weight excluding hydrogens is 302 g/mol. The number of hydrogen-bond acceptors (Lipinski definition) is 1. The first-order valence-electron chi connectivity index (χ1n) is 8.84. The smallest absolute Gasteiger partial charge is 0.0484 e. The van der Waals surface area contributed by atoms with E-state index in [9.17, 15) is 0 Å². The van der Waals surface area contributed by atoms with Gasteiger partial charge in [-0.3, -0.25) is 0 Å². The normalized spacial score (nSPS) is 12.3. The Morgan fingerprint density at radius 2 is 1.56 bits per heavy atom. The Hall–Kier alpha value is -2.80. The summed E-state index contributed by atoms with van der Waals surface area (Å²) in [7, 11) is 2.16. The van der Waals surface area contributed by atoms with Gasteiger partial charge in [0.2, 0.25) is 0 Å². The maximum absolute atomic E-state index is 2.30. The van der Waals surface area contributed by atoms with E-state index in [0.717, 1.165) is 6.42 Å². The third-order valence-corrected chi connectivity index (χ3v) is 5.16. The van der Waals surface area contributed by atoms with Crippen LogP contribution in [0.25, 0.3) is 17.2 Å². The van der Waals surface area contributed by atoms with Crippen LogP contribution in [0.4, 0.5) is 11.4 Å². The van der Waals surface area contributed by atoms with Gasteiger partial charge in [-0.25, -0.2) is 0 Å². The molecule has 4 rings (SSSR count). The molecule has 1 heteroatoms. The molecular formula is C24H23N. The van der Waals surface area contributed by atoms with E-state index in [-0.39, 0.29) is 0 Å². The molecule has 0 saturated heterocycles. The lowest BCUT2D eigenvalue weighted by Crippen LogP contribution is -2.11. The van der Waals surface area contributed by atoms with Crippen molar-refractivity contribution in [1.82, 2.24) is 0 Å². The first-order valence-corrected chi connectivity index (χ1v) is 8.84. The molecule has 25 heavy (non-hydrogen) atoms. The average molecular weight is 325 g/mol. The van der Waals surface area contributed by atoms with Gasteiger partial charge in [0.05, 0.1) is 0 Å². The van der Waals surface area contributed by atoms with Gasteiger partial charge >= 0.3 is 0 Å². The van der Waals surface area contributed by atoms with Crippen LogP contribution in [-0.2, 0) is 6.42 Å². The number of benzene rings is 3. The Bertz CT molecular complexity index is 945. The SMILES string of the molecule is Cc1cccc(C)c1-c1cccc(N(C)c2cccc3c2C=CC3)c1. The highest BCUT2D eigenvalue weighted by Gasteiger charge is 2.14. The number of nitrogens with zero attached hydrogens (tertiary/aromatic N) is 1. The number of aryl methyl sites for hydroxylation is 2. The van der Waals surface area contributed by atoms with Crippen molar-refractivity contribution in [1.29, 1.82) is 0 Å². The molecule has 0 aromatic heterocycles. The molecule has 1 aliphatic rings. The lowest BCUT2D eigenvalue weighted by molar-refractivity contribution is 1.19. The van der Waals surface area contributed by atoms with E-state index in [0.29, 0.717) is 0 Å². The van der Waals surface area contributed by atoms with Gasteiger partial charge < -0.3 is 4.90 Å². The lowest BCUT2D eigenvalue weighted by atomic mass is 9.95. The standard InChI is InChI=1S/C24H23N/c1-17-8-4-9-18(2)24(17)20-12-5-13-21(16-20)25(3)23-15-7-11-19-10-6-14-22(19)23/h4-9,11-16H,10H2,1-3H3. The van der Waals surface area contributed by atoms with E-state index in [4.69, 9.17) is 0 Å². The Balaban J connectivity index is 1.78. The average Bonchev–Trinajstić information content (AvgIpc) is 3.10. The zero-order valence-electron chi connectivity index (χ0n) is 15.1. The van der Waals surface area contributed by atoms with Crippen LogP contribution in [-0.4, -0.2) is 7.05 Å². The van der Waals surface area contributed by atoms with E-state index in [1.165, 1.54) is 44.8 Å². The van der Waals surface area contributed by atoms with Crippen LogP contribution in [0.2, 0.25) is 0 Å². The van der Waals surface area contributed by atoms with Gasteiger partial charge in [-0.05, 0) is 66.3 Å². The molecule has 1 nitrogen and oxygen atoms in total. The molecule has 0 unspecified atom stereocenters. The number of allylic oxidation sites excluding steroid dienone is 1. The highest BCUT2D eigenvalue weighted by atomic mass is 15.1. The van der Waals surface area contributed by atoms with Crippen LogP contribution < -0.4 is 4.90 Å². The Morgan fingerprint density at radius 3 is 2.36 bits per heavy atom. The molecule has 0 spiro atoms. The van der Waals surface area contributed by atoms with E-state index in [1.54, 1.807) is 0 Å². The zero-order valence-corrected chi connectivity index (χ0v) is 15.1. The fourth-order valence-electron chi connectivity index (χ4n) is 3.85. The van der Waals surface area contributed by atoms with E-state index >= 15 is 0 Å². The maximum Gasteiger partial charge on any atom is 0.0484 e. The highest BCUT2D eigenvalue weighted by molar-refractivity contribution is 5.80. The van der Waals surface area contributed by atoms with Crippen molar-refractivity contribution in [3.8, 4) is 11.1 Å². The van der Waals surface area contributed by atoms with Crippen LogP contribution in [0.15, 0.2) is 66.7 Å². The van der Waals surface area contributed by atoms with Gasteiger partial charge in [0.1, 0.15) is 0 Å². The molecule has 0 aliphatic heterocycles. The molecule has 3 aromatic carbocycles. The predicted molar refractivity (Wildman–Crippen MR) is 109 cm³/mol. The fourth-order valence-corrected chi connectivity index (χ4v) is 3.85. The minimum atomic E-state index is 1.04. The third-order valence-electron chi connectivity index (χ3n) is 5.16. The van der Waals surface area contributed by atoms with E-state index in [1.807, 2.05) is 0 Å². The summed E-state index contributed by atoms with van der Waals surface area (Å²) in [6.45, 7) is 4.38. The molecule has 0 heterocycles. The molecule has 0 N–H and O–H groups in total. The topological polar surface area (TPSA) is 3.24 Å². The Labute approximate surface area is 150 Å². The highest BCUT2D eigenvalue weighted by Crippen LogP contribution is 2.35. The maximum atomic E-state index is 2.30. The summed E-state index contributed by atoms with van der Waals surface area (Å²) in [4.78, 5) is 2.30. The van der Waals surface area contributed by atoms with Crippen LogP contribution in [0.5, 0.6) is 0 Å². The van der Waals surface area contributed by atoms with Gasteiger partial charge in [-0.2, -0.15) is 0 Å². The number of rotatable bonds is 3. The molecule has 0 radical (unpaired) electrons. The summed E-state index contributed by atoms with van der Waals surface area (Å²) in [5.41, 5.74) is 10.5. The molecule has 0 amide bonds. The summed E-state index contributed by atoms with van der Waals surface area (Å²) < 4.78 is 0. The van der Waals surface area contributed by atoms with Gasteiger partial charge in [-0.1, -0.05) is 54.6 Å². The number of hydrogen-bond donors (Lipinski definition) is 0. The largest absolute Gasteiger partial charge is 0.344 e. The molecule has 0 fully saturated rings. The van der Waals surface area contributed by atoms with Crippen molar-refractivity contribution in [2.75, 3.05) is 11.9 Å². The molecule has 0 saturated carbocycles. The first-order chi connectivity index (χ1) is 12.1. The summed E-state index contributed by atoms with van der Waals surface area (Å²) in [5, 5.41) is 0. The van der Waals surface area contributed by atoms with Crippen LogP contribution in [0.1, 0.15) is 22.3 Å². The second-order valence-corrected chi connectivity index (χ2v) is 6.83. The zero-order chi connectivity index (χ0) is 17.4. The van der Waals surface area contributed by atoms with Gasteiger partial charge in [0.25, 0.3) is 0 Å². The molecule has 0 bridgehead atoms. The summed E-state index contributed by atoms with van der Waals surface area (Å²) in [5.74, 6) is 0. The third kappa shape index (κ3) is 2.76. The van der Waals surface area contributed by atoms with Gasteiger partial charge in [-0.15, -0.1) is 0 Å². The first kappa shape index (κ1) is 15.7. The van der Waals surface area contributed by atoms with Crippen molar-refractivity contribution >= 4 is 17.5 Å². The minimum Gasteiger partial charge on any atom is -0.344 e. The van der Waals surface area contributed by atoms with Gasteiger partial charge in [0, 0.05) is 24.0 Å². The Kier molecular flexibility index (Phi) is 3.93. The predicted octanol–water partition coefficient (Wildman–Crippen LogP) is 6.31. The molecule has 0 atom stereocenters. The van der Waals surface area contributed by atoms with Crippen molar-refractivity contribution in [2.45, 2.75) is 20.3 Å². The van der Waals surface area contributed by atoms with E-state index in [2.05, 4.69) is 98.6 Å². The van der Waals surface area contributed by atoms with Crippen LogP contribution in [0, 0.1) is 13.8 Å². The van der Waals surface area contributed by atoms with Crippen molar-refractivity contribution in [3.05, 3.63) is 89.0 Å². The molecule has 1 aliphatic carbocycles. The number of fused-ring (bicyclic) bond motifs is 1. The van der Waals surface area contributed by atoms with Crippen molar-refractivity contribution in [2.24, 2.45) is 0 Å². The fraction of sp³-hybridized carbons (Fsp3) is 0.167. The van der Waals surface area contributed by atoms with Crippen LogP contribution in [0.3, 0.4) is 0 Å². The second kappa shape index (κ2) is 6.25. The molecule has 124 valence electrons. The summed E-state index contributed by atoms with van der Waals surface area (Å²) in [6.07, 6.45) is 5.53. The quantitative estimate of drug-likeness (QED) is 0.545. The second-order valence-electron chi connectivity index (χ2n) is 6.83. The van der Waals surface area contributed by atoms with Crippen molar-refractivity contribution in [3.63, 3.8) is 0 Å². The monoisotopic (exact) mass is 325 g/mol. The van der Waals surface area contributed by atoms with Crippen LogP contribution >= 0.6 is 0 Å². The van der Waals surface area contributed by atoms with E-state index < -0.39 is 0 Å². The van der Waals surface area contributed by atoms with Crippen molar-refractivity contribution < 1.29 is 0 Å². The van der Waals surface area contributed by atoms with Gasteiger partial charge in [0.15, 0.2) is 0 Å². The number of anilines is 2. The molecule has 3 aromatic rings. The lowest BCUT2D eigenvalue weighted by Gasteiger charge is -2.23. The summed E-state index contributed by atoms with van der Waals surface area (Å²) in [6, 6.07) is 22.0. The summed E-state index contributed by atoms with van der Waals surface area (Å²) >= 11 is 0. The Morgan fingerprint density at radius 1 is 0.840 bits per heavy atom.